The van der Waals surface area contributed by atoms with Crippen molar-refractivity contribution in [2.45, 2.75) is 52.2 Å². The number of anilines is 3. The number of nitrogens with one attached hydrogen (secondary N) is 1. The number of aromatic nitrogens is 2. The SMILES string of the molecule is CN1CCc2cc(N3CCn4nc(NC(=O)CC5CCN(C(=O)OC(C)(C)C)C5)cc43)ccc2C1=O. The fourth-order valence-corrected chi connectivity index (χ4v) is 5.13. The third kappa shape index (κ3) is 4.89. The summed E-state index contributed by atoms with van der Waals surface area (Å²) in [6.07, 6.45) is 1.62. The van der Waals surface area contributed by atoms with E-state index in [-0.39, 0.29) is 23.8 Å². The van der Waals surface area contributed by atoms with E-state index < -0.39 is 5.60 Å². The molecule has 3 aliphatic rings. The third-order valence-corrected chi connectivity index (χ3v) is 6.94. The Bertz CT molecular complexity index is 1200. The Hall–Kier alpha value is -3.56. The van der Waals surface area contributed by atoms with Crippen molar-refractivity contribution < 1.29 is 19.1 Å². The summed E-state index contributed by atoms with van der Waals surface area (Å²) in [5.74, 6) is 1.50. The Balaban J connectivity index is 1.20. The first-order chi connectivity index (χ1) is 17.1. The largest absolute Gasteiger partial charge is 0.444 e. The van der Waals surface area contributed by atoms with Crippen molar-refractivity contribution in [1.82, 2.24) is 19.6 Å². The maximum Gasteiger partial charge on any atom is 0.410 e. The zero-order valence-corrected chi connectivity index (χ0v) is 21.4. The third-order valence-electron chi connectivity index (χ3n) is 6.94. The fraction of sp³-hybridized carbons (Fsp3) is 0.538. The van der Waals surface area contributed by atoms with Crippen LogP contribution in [0.3, 0.4) is 0 Å². The van der Waals surface area contributed by atoms with Crippen LogP contribution in [0.25, 0.3) is 0 Å². The van der Waals surface area contributed by atoms with Crippen molar-refractivity contribution in [3.63, 3.8) is 0 Å². The first-order valence-electron chi connectivity index (χ1n) is 12.6. The number of likely N-dealkylation sites (tertiary alicyclic amines) is 1. The van der Waals surface area contributed by atoms with Gasteiger partial charge in [0.25, 0.3) is 5.91 Å². The molecule has 10 heteroatoms. The second-order valence-electron chi connectivity index (χ2n) is 10.9. The minimum atomic E-state index is -0.533. The van der Waals surface area contributed by atoms with Crippen molar-refractivity contribution in [3.8, 4) is 0 Å². The van der Waals surface area contributed by atoms with E-state index in [1.807, 2.05) is 50.7 Å². The van der Waals surface area contributed by atoms with Gasteiger partial charge in [0, 0.05) is 57.0 Å². The summed E-state index contributed by atoms with van der Waals surface area (Å²) in [7, 11) is 1.83. The Kier molecular flexibility index (Phi) is 6.13. The Labute approximate surface area is 211 Å². The molecule has 1 aromatic heterocycles. The number of benzene rings is 1. The van der Waals surface area contributed by atoms with Gasteiger partial charge in [-0.1, -0.05) is 0 Å². The van der Waals surface area contributed by atoms with Crippen molar-refractivity contribution in [3.05, 3.63) is 35.4 Å². The van der Waals surface area contributed by atoms with Gasteiger partial charge in [0.05, 0.1) is 6.54 Å². The second kappa shape index (κ2) is 9.15. The molecule has 4 heterocycles. The minimum Gasteiger partial charge on any atom is -0.444 e. The molecule has 1 atom stereocenters. The second-order valence-corrected chi connectivity index (χ2v) is 10.9. The molecular formula is C26H34N6O4. The summed E-state index contributed by atoms with van der Waals surface area (Å²) in [6, 6.07) is 7.88. The van der Waals surface area contributed by atoms with Gasteiger partial charge in [-0.3, -0.25) is 9.59 Å². The van der Waals surface area contributed by atoms with Gasteiger partial charge in [-0.2, -0.15) is 5.10 Å². The Morgan fingerprint density at radius 1 is 1.14 bits per heavy atom. The van der Waals surface area contributed by atoms with Crippen LogP contribution < -0.4 is 10.2 Å². The van der Waals surface area contributed by atoms with E-state index in [2.05, 4.69) is 21.4 Å². The number of fused-ring (bicyclic) bond motifs is 2. The number of rotatable bonds is 4. The summed E-state index contributed by atoms with van der Waals surface area (Å²) in [5.41, 5.74) is 2.33. The lowest BCUT2D eigenvalue weighted by Crippen LogP contribution is -2.35. The standard InChI is InChI=1S/C26H34N6O4/c1-26(2,3)36-25(35)30-10-7-17(16-30)13-22(33)27-21-15-23-31(11-12-32(23)28-21)19-5-6-20-18(14-19)8-9-29(4)24(20)34/h5-6,14-15,17H,7-13,16H2,1-4H3,(H,27,28,33). The van der Waals surface area contributed by atoms with E-state index >= 15 is 0 Å². The molecule has 1 N–H and O–H groups in total. The molecular weight excluding hydrogens is 460 g/mol. The Morgan fingerprint density at radius 2 is 1.94 bits per heavy atom. The van der Waals surface area contributed by atoms with Crippen molar-refractivity contribution in [2.24, 2.45) is 5.92 Å². The molecule has 0 aliphatic carbocycles. The number of carbonyl (C=O) groups excluding carboxylic acids is 3. The molecule has 1 saturated heterocycles. The average Bonchev–Trinajstić information content (AvgIpc) is 3.51. The van der Waals surface area contributed by atoms with Gasteiger partial charge in [-0.05, 0) is 63.3 Å². The number of ether oxygens (including phenoxy) is 1. The van der Waals surface area contributed by atoms with Crippen LogP contribution >= 0.6 is 0 Å². The molecule has 1 unspecified atom stereocenters. The molecule has 0 saturated carbocycles. The molecule has 3 amide bonds. The van der Waals surface area contributed by atoms with Gasteiger partial charge in [-0.15, -0.1) is 0 Å². The number of carbonyl (C=O) groups is 3. The van der Waals surface area contributed by atoms with Crippen LogP contribution in [0.15, 0.2) is 24.3 Å². The van der Waals surface area contributed by atoms with Gasteiger partial charge in [0.15, 0.2) is 5.82 Å². The molecule has 0 radical (unpaired) electrons. The van der Waals surface area contributed by atoms with E-state index in [9.17, 15) is 14.4 Å². The average molecular weight is 495 g/mol. The lowest BCUT2D eigenvalue weighted by Gasteiger charge is -2.26. The maximum atomic E-state index is 12.7. The number of hydrogen-bond donors (Lipinski definition) is 1. The van der Waals surface area contributed by atoms with Gasteiger partial charge in [0.1, 0.15) is 11.4 Å². The molecule has 36 heavy (non-hydrogen) atoms. The highest BCUT2D eigenvalue weighted by atomic mass is 16.6. The summed E-state index contributed by atoms with van der Waals surface area (Å²) < 4.78 is 7.34. The molecule has 3 aliphatic heterocycles. The molecule has 0 bridgehead atoms. The molecule has 0 spiro atoms. The number of amides is 3. The van der Waals surface area contributed by atoms with Crippen LogP contribution in [0, 0.1) is 5.92 Å². The summed E-state index contributed by atoms with van der Waals surface area (Å²) in [6.45, 7) is 8.89. The van der Waals surface area contributed by atoms with Gasteiger partial charge in [0.2, 0.25) is 5.91 Å². The molecule has 2 aromatic rings. The van der Waals surface area contributed by atoms with Crippen LogP contribution in [0.2, 0.25) is 0 Å². The molecule has 10 nitrogen and oxygen atoms in total. The summed E-state index contributed by atoms with van der Waals surface area (Å²) >= 11 is 0. The molecule has 192 valence electrons. The predicted molar refractivity (Wildman–Crippen MR) is 136 cm³/mol. The van der Waals surface area contributed by atoms with E-state index in [0.717, 1.165) is 55.1 Å². The molecule has 1 fully saturated rings. The normalized spacial score (nSPS) is 19.4. The van der Waals surface area contributed by atoms with Crippen LogP contribution in [-0.4, -0.2) is 76.3 Å². The number of nitrogens with zero attached hydrogens (tertiary/aromatic N) is 5. The monoisotopic (exact) mass is 494 g/mol. The van der Waals surface area contributed by atoms with E-state index in [1.165, 1.54) is 0 Å². The lowest BCUT2D eigenvalue weighted by atomic mass is 9.98. The fourth-order valence-electron chi connectivity index (χ4n) is 5.13. The number of hydrogen-bond acceptors (Lipinski definition) is 6. The number of likely N-dealkylation sites (N-methyl/N-ethyl adjacent to an activating group) is 1. The van der Waals surface area contributed by atoms with E-state index in [0.29, 0.717) is 25.3 Å². The maximum absolute atomic E-state index is 12.7. The van der Waals surface area contributed by atoms with Gasteiger partial charge < -0.3 is 24.8 Å². The molecule has 1 aromatic carbocycles. The smallest absolute Gasteiger partial charge is 0.410 e. The quantitative estimate of drug-likeness (QED) is 0.701. The zero-order valence-electron chi connectivity index (χ0n) is 21.4. The summed E-state index contributed by atoms with van der Waals surface area (Å²) in [4.78, 5) is 43.0. The highest BCUT2D eigenvalue weighted by molar-refractivity contribution is 5.97. The highest BCUT2D eigenvalue weighted by Gasteiger charge is 2.31. The topological polar surface area (TPSA) is 100 Å². The van der Waals surface area contributed by atoms with Crippen molar-refractivity contribution in [2.75, 3.05) is 43.4 Å². The van der Waals surface area contributed by atoms with Crippen molar-refractivity contribution in [1.29, 1.82) is 0 Å². The predicted octanol–water partition coefficient (Wildman–Crippen LogP) is 3.25. The van der Waals surface area contributed by atoms with E-state index in [1.54, 1.807) is 9.80 Å². The Morgan fingerprint density at radius 3 is 2.72 bits per heavy atom. The first-order valence-corrected chi connectivity index (χ1v) is 12.6. The van der Waals surface area contributed by atoms with Gasteiger partial charge >= 0.3 is 6.09 Å². The first kappa shape index (κ1) is 24.1. The molecule has 5 rings (SSSR count). The summed E-state index contributed by atoms with van der Waals surface area (Å²) in [5, 5.41) is 7.50. The minimum absolute atomic E-state index is 0.0655. The van der Waals surface area contributed by atoms with Crippen LogP contribution in [0.5, 0.6) is 0 Å². The van der Waals surface area contributed by atoms with E-state index in [4.69, 9.17) is 4.74 Å². The van der Waals surface area contributed by atoms with Crippen LogP contribution in [0.1, 0.15) is 49.5 Å². The zero-order chi connectivity index (χ0) is 25.6. The lowest BCUT2D eigenvalue weighted by molar-refractivity contribution is -0.117. The highest BCUT2D eigenvalue weighted by Crippen LogP contribution is 2.34. The van der Waals surface area contributed by atoms with Crippen LogP contribution in [-0.2, 0) is 22.5 Å². The van der Waals surface area contributed by atoms with Crippen LogP contribution in [0.4, 0.5) is 22.1 Å². The van der Waals surface area contributed by atoms with Gasteiger partial charge in [-0.25, -0.2) is 9.48 Å². The van der Waals surface area contributed by atoms with Crippen molar-refractivity contribution >= 4 is 35.2 Å².